The van der Waals surface area contributed by atoms with Gasteiger partial charge in [-0.15, -0.1) is 0 Å². The normalized spacial score (nSPS) is 11.2. The molecule has 0 radical (unpaired) electrons. The topological polar surface area (TPSA) is 29.3 Å². The van der Waals surface area contributed by atoms with Crippen molar-refractivity contribution in [3.05, 3.63) is 42.0 Å². The zero-order valence-corrected chi connectivity index (χ0v) is 12.2. The Balaban J connectivity index is 2.54. The quantitative estimate of drug-likeness (QED) is 0.882. The van der Waals surface area contributed by atoms with Gasteiger partial charge in [-0.05, 0) is 29.9 Å². The summed E-state index contributed by atoms with van der Waals surface area (Å²) in [7, 11) is 0. The van der Waals surface area contributed by atoms with Crippen LogP contribution in [0.1, 0.15) is 26.3 Å². The fraction of sp³-hybridized carbons (Fsp3) is 0.412. The zero-order valence-electron chi connectivity index (χ0n) is 12.2. The summed E-state index contributed by atoms with van der Waals surface area (Å²) in [5.41, 5.74) is 8.39. The first-order chi connectivity index (χ1) is 9.17. The van der Waals surface area contributed by atoms with Gasteiger partial charge in [0.25, 0.3) is 0 Å². The van der Waals surface area contributed by atoms with Gasteiger partial charge in [0.05, 0.1) is 0 Å². The van der Waals surface area contributed by atoms with Gasteiger partial charge in [-0.2, -0.15) is 0 Å². The van der Waals surface area contributed by atoms with E-state index in [1.54, 1.807) is 0 Å². The molecule has 0 saturated carbocycles. The third-order valence-corrected chi connectivity index (χ3v) is 3.52. The van der Waals surface area contributed by atoms with Gasteiger partial charge in [-0.1, -0.05) is 44.2 Å². The van der Waals surface area contributed by atoms with Gasteiger partial charge in [0, 0.05) is 30.7 Å². The second-order valence-corrected chi connectivity index (χ2v) is 5.43. The number of nitrogens with two attached hydrogens (primary N) is 1. The summed E-state index contributed by atoms with van der Waals surface area (Å²) >= 11 is 0. The Morgan fingerprint density at radius 1 is 1.05 bits per heavy atom. The number of benzene rings is 2. The van der Waals surface area contributed by atoms with E-state index in [0.717, 1.165) is 13.1 Å². The van der Waals surface area contributed by atoms with E-state index < -0.39 is 0 Å². The molecule has 0 amide bonds. The molecule has 0 aliphatic carbocycles. The van der Waals surface area contributed by atoms with Crippen molar-refractivity contribution in [2.24, 2.45) is 11.7 Å². The SMILES string of the molecule is CCN(CC(C)C)c1ccc(CN)c2ccccc12. The molecular weight excluding hydrogens is 232 g/mol. The first kappa shape index (κ1) is 13.9. The summed E-state index contributed by atoms with van der Waals surface area (Å²) in [6.45, 7) is 9.45. The summed E-state index contributed by atoms with van der Waals surface area (Å²) in [5.74, 6) is 0.660. The summed E-state index contributed by atoms with van der Waals surface area (Å²) in [6, 6.07) is 13.0. The summed E-state index contributed by atoms with van der Waals surface area (Å²) in [5, 5.41) is 2.60. The fourth-order valence-electron chi connectivity index (χ4n) is 2.64. The van der Waals surface area contributed by atoms with Crippen molar-refractivity contribution < 1.29 is 0 Å². The van der Waals surface area contributed by atoms with Crippen molar-refractivity contribution in [3.63, 3.8) is 0 Å². The van der Waals surface area contributed by atoms with Gasteiger partial charge in [-0.3, -0.25) is 0 Å². The Morgan fingerprint density at radius 3 is 2.32 bits per heavy atom. The molecule has 0 bridgehead atoms. The van der Waals surface area contributed by atoms with Crippen LogP contribution in [0.3, 0.4) is 0 Å². The molecule has 0 aliphatic heterocycles. The molecule has 2 aromatic rings. The molecule has 0 aliphatic rings. The smallest absolute Gasteiger partial charge is 0.0446 e. The predicted octanol–water partition coefficient (Wildman–Crippen LogP) is 3.78. The minimum absolute atomic E-state index is 0.594. The van der Waals surface area contributed by atoms with E-state index in [0.29, 0.717) is 12.5 Å². The molecule has 2 N–H and O–H groups in total. The number of hydrogen-bond acceptors (Lipinski definition) is 2. The fourth-order valence-corrected chi connectivity index (χ4v) is 2.64. The van der Waals surface area contributed by atoms with Crippen LogP contribution in [0.5, 0.6) is 0 Å². The average Bonchev–Trinajstić information content (AvgIpc) is 2.43. The van der Waals surface area contributed by atoms with Crippen LogP contribution in [-0.4, -0.2) is 13.1 Å². The lowest BCUT2D eigenvalue weighted by Crippen LogP contribution is -2.27. The van der Waals surface area contributed by atoms with Crippen LogP contribution in [0, 0.1) is 5.92 Å². The van der Waals surface area contributed by atoms with E-state index in [9.17, 15) is 0 Å². The summed E-state index contributed by atoms with van der Waals surface area (Å²) < 4.78 is 0. The average molecular weight is 256 g/mol. The molecule has 0 fully saturated rings. The van der Waals surface area contributed by atoms with Crippen molar-refractivity contribution in [1.82, 2.24) is 0 Å². The Hall–Kier alpha value is -1.54. The molecule has 0 atom stereocenters. The highest BCUT2D eigenvalue weighted by molar-refractivity contribution is 5.96. The highest BCUT2D eigenvalue weighted by Gasteiger charge is 2.11. The van der Waals surface area contributed by atoms with Gasteiger partial charge in [-0.25, -0.2) is 0 Å². The van der Waals surface area contributed by atoms with Gasteiger partial charge in [0.15, 0.2) is 0 Å². The van der Waals surface area contributed by atoms with Gasteiger partial charge >= 0.3 is 0 Å². The maximum Gasteiger partial charge on any atom is 0.0446 e. The molecule has 2 nitrogen and oxygen atoms in total. The second kappa shape index (κ2) is 6.07. The molecule has 19 heavy (non-hydrogen) atoms. The Morgan fingerprint density at radius 2 is 1.74 bits per heavy atom. The first-order valence-electron chi connectivity index (χ1n) is 7.13. The number of nitrogens with zero attached hydrogens (tertiary/aromatic N) is 1. The van der Waals surface area contributed by atoms with Gasteiger partial charge < -0.3 is 10.6 Å². The summed E-state index contributed by atoms with van der Waals surface area (Å²) in [6.07, 6.45) is 0. The zero-order chi connectivity index (χ0) is 13.8. The Labute approximate surface area is 116 Å². The predicted molar refractivity (Wildman–Crippen MR) is 84.6 cm³/mol. The lowest BCUT2D eigenvalue weighted by atomic mass is 10.0. The van der Waals surface area contributed by atoms with Gasteiger partial charge in [0.2, 0.25) is 0 Å². The first-order valence-corrected chi connectivity index (χ1v) is 7.13. The van der Waals surface area contributed by atoms with Crippen molar-refractivity contribution in [1.29, 1.82) is 0 Å². The lowest BCUT2D eigenvalue weighted by molar-refractivity contribution is 0.620. The molecule has 0 saturated heterocycles. The van der Waals surface area contributed by atoms with Crippen LogP contribution in [0.4, 0.5) is 5.69 Å². The molecule has 102 valence electrons. The Bertz CT molecular complexity index is 546. The molecule has 0 heterocycles. The van der Waals surface area contributed by atoms with Crippen molar-refractivity contribution >= 4 is 16.5 Å². The molecule has 0 unspecified atom stereocenters. The van der Waals surface area contributed by atoms with Gasteiger partial charge in [0.1, 0.15) is 0 Å². The third-order valence-electron chi connectivity index (χ3n) is 3.52. The second-order valence-electron chi connectivity index (χ2n) is 5.43. The minimum Gasteiger partial charge on any atom is -0.371 e. The number of fused-ring (bicyclic) bond motifs is 1. The van der Waals surface area contributed by atoms with E-state index in [2.05, 4.69) is 62.1 Å². The molecule has 2 rings (SSSR count). The lowest BCUT2D eigenvalue weighted by Gasteiger charge is -2.27. The number of anilines is 1. The molecule has 2 aromatic carbocycles. The van der Waals surface area contributed by atoms with Crippen molar-refractivity contribution in [2.75, 3.05) is 18.0 Å². The van der Waals surface area contributed by atoms with E-state index in [1.807, 2.05) is 0 Å². The van der Waals surface area contributed by atoms with Crippen molar-refractivity contribution in [2.45, 2.75) is 27.3 Å². The standard InChI is InChI=1S/C17H24N2/c1-4-19(12-13(2)3)17-10-9-14(11-18)15-7-5-6-8-16(15)17/h5-10,13H,4,11-12,18H2,1-3H3. The molecule has 0 aromatic heterocycles. The van der Waals surface area contributed by atoms with E-state index in [-0.39, 0.29) is 0 Å². The van der Waals surface area contributed by atoms with E-state index in [1.165, 1.54) is 22.0 Å². The molecule has 2 heteroatoms. The highest BCUT2D eigenvalue weighted by Crippen LogP contribution is 2.29. The largest absolute Gasteiger partial charge is 0.371 e. The number of hydrogen-bond donors (Lipinski definition) is 1. The van der Waals surface area contributed by atoms with E-state index in [4.69, 9.17) is 5.73 Å². The highest BCUT2D eigenvalue weighted by atomic mass is 15.1. The van der Waals surface area contributed by atoms with E-state index >= 15 is 0 Å². The molecular formula is C17H24N2. The van der Waals surface area contributed by atoms with Crippen LogP contribution < -0.4 is 10.6 Å². The summed E-state index contributed by atoms with van der Waals surface area (Å²) in [4.78, 5) is 2.45. The van der Waals surface area contributed by atoms with Crippen molar-refractivity contribution in [3.8, 4) is 0 Å². The molecule has 0 spiro atoms. The van der Waals surface area contributed by atoms with Crippen LogP contribution in [0.15, 0.2) is 36.4 Å². The maximum absolute atomic E-state index is 5.84. The maximum atomic E-state index is 5.84. The number of rotatable bonds is 5. The van der Waals surface area contributed by atoms with Crippen LogP contribution in [0.25, 0.3) is 10.8 Å². The monoisotopic (exact) mass is 256 g/mol. The Kier molecular flexibility index (Phi) is 4.43. The van der Waals surface area contributed by atoms with Crippen LogP contribution in [-0.2, 0) is 6.54 Å². The van der Waals surface area contributed by atoms with Crippen LogP contribution >= 0.6 is 0 Å². The van der Waals surface area contributed by atoms with Crippen LogP contribution in [0.2, 0.25) is 0 Å². The minimum atomic E-state index is 0.594. The third kappa shape index (κ3) is 2.90.